The lowest BCUT2D eigenvalue weighted by Gasteiger charge is -2.15. The van der Waals surface area contributed by atoms with Gasteiger partial charge >= 0.3 is 5.97 Å². The second-order valence-electron chi connectivity index (χ2n) is 5.52. The lowest BCUT2D eigenvalue weighted by Crippen LogP contribution is -2.29. The number of esters is 1. The molecule has 0 aliphatic carbocycles. The number of hydrogen-bond donors (Lipinski definition) is 2. The summed E-state index contributed by atoms with van der Waals surface area (Å²) in [5, 5.41) is 13.4. The van der Waals surface area contributed by atoms with Gasteiger partial charge in [0, 0.05) is 18.7 Å². The van der Waals surface area contributed by atoms with Gasteiger partial charge in [-0.2, -0.15) is 5.26 Å². The monoisotopic (exact) mass is 401 g/mol. The molecule has 0 radical (unpaired) electrons. The number of nitrogens with zero attached hydrogens (tertiary/aromatic N) is 1. The predicted octanol–water partition coefficient (Wildman–Crippen LogP) is 1.74. The van der Waals surface area contributed by atoms with Gasteiger partial charge in [0.2, 0.25) is 0 Å². The highest BCUT2D eigenvalue weighted by molar-refractivity contribution is 6.07. The fourth-order valence-electron chi connectivity index (χ4n) is 2.26. The minimum atomic E-state index is -0.865. The van der Waals surface area contributed by atoms with Gasteiger partial charge in [-0.25, -0.2) is 4.79 Å². The highest BCUT2D eigenvalue weighted by atomic mass is 16.5. The van der Waals surface area contributed by atoms with Gasteiger partial charge in [-0.1, -0.05) is 0 Å². The number of nitrogens with one attached hydrogen (secondary N) is 2. The van der Waals surface area contributed by atoms with Crippen LogP contribution in [0.5, 0.6) is 11.5 Å². The normalized spacial score (nSPS) is 9.83. The number of amides is 2. The Morgan fingerprint density at radius 1 is 1.17 bits per heavy atom. The first-order chi connectivity index (χ1) is 14.0. The largest absolute Gasteiger partial charge is 0.493 e. The number of ether oxygens (including phenoxy) is 3. The zero-order valence-electron chi connectivity index (χ0n) is 15.8. The van der Waals surface area contributed by atoms with E-state index >= 15 is 0 Å². The molecule has 1 heterocycles. The molecule has 2 rings (SSSR count). The second-order valence-corrected chi connectivity index (χ2v) is 5.52. The van der Waals surface area contributed by atoms with Crippen LogP contribution in [-0.4, -0.2) is 45.2 Å². The molecule has 0 atom stereocenters. The van der Waals surface area contributed by atoms with Crippen LogP contribution < -0.4 is 20.1 Å². The van der Waals surface area contributed by atoms with E-state index in [1.54, 1.807) is 6.07 Å². The summed E-state index contributed by atoms with van der Waals surface area (Å²) < 4.78 is 20.4. The van der Waals surface area contributed by atoms with E-state index in [4.69, 9.17) is 23.9 Å². The molecule has 0 saturated carbocycles. The van der Waals surface area contributed by atoms with Crippen molar-refractivity contribution in [1.82, 2.24) is 5.32 Å². The maximum atomic E-state index is 12.5. The van der Waals surface area contributed by atoms with Crippen molar-refractivity contribution >= 4 is 23.5 Å². The van der Waals surface area contributed by atoms with Gasteiger partial charge in [-0.15, -0.1) is 0 Å². The molecular weight excluding hydrogens is 382 g/mol. The fourth-order valence-corrected chi connectivity index (χ4v) is 2.26. The van der Waals surface area contributed by atoms with Crippen molar-refractivity contribution < 1.29 is 33.0 Å². The zero-order chi connectivity index (χ0) is 21.2. The summed E-state index contributed by atoms with van der Waals surface area (Å²) in [5.41, 5.74) is 0.0336. The lowest BCUT2D eigenvalue weighted by atomic mass is 10.1. The number of carbonyl (C=O) groups is 3. The molecule has 2 amide bonds. The molecule has 10 nitrogen and oxygen atoms in total. The van der Waals surface area contributed by atoms with Crippen LogP contribution in [0.3, 0.4) is 0 Å². The van der Waals surface area contributed by atoms with Crippen LogP contribution in [0.15, 0.2) is 34.9 Å². The van der Waals surface area contributed by atoms with E-state index in [0.29, 0.717) is 0 Å². The zero-order valence-corrected chi connectivity index (χ0v) is 15.8. The maximum Gasteiger partial charge on any atom is 0.340 e. The quantitative estimate of drug-likeness (QED) is 0.478. The van der Waals surface area contributed by atoms with Crippen molar-refractivity contribution in [2.45, 2.75) is 6.42 Å². The Morgan fingerprint density at radius 3 is 2.52 bits per heavy atom. The molecule has 0 fully saturated rings. The van der Waals surface area contributed by atoms with Crippen molar-refractivity contribution in [3.63, 3.8) is 0 Å². The molecule has 0 unspecified atom stereocenters. The number of furan rings is 1. The van der Waals surface area contributed by atoms with Crippen LogP contribution in [0.4, 0.5) is 5.69 Å². The summed E-state index contributed by atoms with van der Waals surface area (Å²) in [6.07, 6.45) is 1.47. The number of nitriles is 1. The summed E-state index contributed by atoms with van der Waals surface area (Å²) in [6.45, 7) is -0.405. The molecule has 1 aromatic heterocycles. The predicted molar refractivity (Wildman–Crippen MR) is 99.7 cm³/mol. The van der Waals surface area contributed by atoms with Crippen molar-refractivity contribution in [2.24, 2.45) is 0 Å². The standard InChI is InChI=1S/C19H19N3O7/c1-26-15-9-12(19(25)29-11-17(23)21-7-4-6-20)13(10-16(15)27-2)22-18(24)14-5-3-8-28-14/h3,5,8-10H,4,7,11H2,1-2H3,(H,21,23)(H,22,24). The number of hydrogen-bond acceptors (Lipinski definition) is 8. The molecule has 0 aliphatic heterocycles. The Labute approximate surface area is 166 Å². The molecule has 0 spiro atoms. The van der Waals surface area contributed by atoms with Gasteiger partial charge in [-0.05, 0) is 12.1 Å². The summed E-state index contributed by atoms with van der Waals surface area (Å²) in [4.78, 5) is 36.5. The van der Waals surface area contributed by atoms with E-state index < -0.39 is 24.4 Å². The van der Waals surface area contributed by atoms with Crippen molar-refractivity contribution in [3.8, 4) is 17.6 Å². The number of anilines is 1. The van der Waals surface area contributed by atoms with E-state index in [0.717, 1.165) is 0 Å². The highest BCUT2D eigenvalue weighted by Crippen LogP contribution is 2.34. The number of rotatable bonds is 9. The van der Waals surface area contributed by atoms with Gasteiger partial charge in [0.15, 0.2) is 23.9 Å². The Morgan fingerprint density at radius 2 is 1.90 bits per heavy atom. The van der Waals surface area contributed by atoms with Crippen LogP contribution >= 0.6 is 0 Å². The third-order valence-corrected chi connectivity index (χ3v) is 3.63. The molecule has 2 aromatic rings. The summed E-state index contributed by atoms with van der Waals surface area (Å²) in [5.74, 6) is -1.48. The number of methoxy groups -OCH3 is 2. The van der Waals surface area contributed by atoms with E-state index in [-0.39, 0.29) is 41.5 Å². The fraction of sp³-hybridized carbons (Fsp3) is 0.263. The maximum absolute atomic E-state index is 12.5. The van der Waals surface area contributed by atoms with Crippen molar-refractivity contribution in [1.29, 1.82) is 5.26 Å². The Hall–Kier alpha value is -4.00. The molecule has 0 bridgehead atoms. The summed E-state index contributed by atoms with van der Waals surface area (Å²) >= 11 is 0. The van der Waals surface area contributed by atoms with Gasteiger partial charge < -0.3 is 29.3 Å². The molecule has 10 heteroatoms. The molecule has 0 aliphatic rings. The molecular formula is C19H19N3O7. The van der Waals surface area contributed by atoms with Gasteiger partial charge in [0.25, 0.3) is 11.8 Å². The van der Waals surface area contributed by atoms with Gasteiger partial charge in [0.1, 0.15) is 0 Å². The Kier molecular flexibility index (Phi) is 7.61. The topological polar surface area (TPSA) is 140 Å². The SMILES string of the molecule is COc1cc(NC(=O)c2ccco2)c(C(=O)OCC(=O)NCCC#N)cc1OC. The van der Waals surface area contributed by atoms with E-state index in [2.05, 4.69) is 10.6 Å². The summed E-state index contributed by atoms with van der Waals surface area (Å²) in [7, 11) is 2.79. The first kappa shape index (κ1) is 21.3. The van der Waals surface area contributed by atoms with Crippen molar-refractivity contribution in [3.05, 3.63) is 41.9 Å². The minimum Gasteiger partial charge on any atom is -0.493 e. The molecule has 0 saturated heterocycles. The van der Waals surface area contributed by atoms with Crippen LogP contribution in [0.2, 0.25) is 0 Å². The first-order valence-electron chi connectivity index (χ1n) is 8.41. The van der Waals surface area contributed by atoms with Crippen LogP contribution in [0.25, 0.3) is 0 Å². The van der Waals surface area contributed by atoms with Gasteiger partial charge in [0.05, 0.1) is 44.2 Å². The van der Waals surface area contributed by atoms with Crippen LogP contribution in [0.1, 0.15) is 27.3 Å². The average molecular weight is 401 g/mol. The lowest BCUT2D eigenvalue weighted by molar-refractivity contribution is -0.124. The molecule has 2 N–H and O–H groups in total. The first-order valence-corrected chi connectivity index (χ1v) is 8.41. The number of carbonyl (C=O) groups excluding carboxylic acids is 3. The van der Waals surface area contributed by atoms with E-state index in [1.165, 1.54) is 38.7 Å². The van der Waals surface area contributed by atoms with Gasteiger partial charge in [-0.3, -0.25) is 9.59 Å². The molecule has 152 valence electrons. The molecule has 1 aromatic carbocycles. The van der Waals surface area contributed by atoms with Crippen LogP contribution in [-0.2, 0) is 9.53 Å². The third-order valence-electron chi connectivity index (χ3n) is 3.63. The third kappa shape index (κ3) is 5.74. The van der Waals surface area contributed by atoms with E-state index in [9.17, 15) is 14.4 Å². The average Bonchev–Trinajstić information content (AvgIpc) is 3.27. The highest BCUT2D eigenvalue weighted by Gasteiger charge is 2.21. The van der Waals surface area contributed by atoms with Crippen LogP contribution in [0, 0.1) is 11.3 Å². The molecule has 29 heavy (non-hydrogen) atoms. The number of benzene rings is 1. The Bertz CT molecular complexity index is 917. The minimum absolute atomic E-state index is 0.0379. The second kappa shape index (κ2) is 10.4. The van der Waals surface area contributed by atoms with Crippen molar-refractivity contribution in [2.75, 3.05) is 32.7 Å². The van der Waals surface area contributed by atoms with E-state index in [1.807, 2.05) is 6.07 Å². The Balaban J connectivity index is 2.21. The summed E-state index contributed by atoms with van der Waals surface area (Å²) in [6, 6.07) is 7.60. The smallest absolute Gasteiger partial charge is 0.340 e.